The first-order valence-corrected chi connectivity index (χ1v) is 3.96. The molecule has 1 N–H and O–H groups in total. The summed E-state index contributed by atoms with van der Waals surface area (Å²) in [5.41, 5.74) is 0. The Morgan fingerprint density at radius 1 is 1.58 bits per heavy atom. The van der Waals surface area contributed by atoms with Gasteiger partial charge in [-0.3, -0.25) is 0 Å². The van der Waals surface area contributed by atoms with Gasteiger partial charge in [0.15, 0.2) is 0 Å². The lowest BCUT2D eigenvalue weighted by Gasteiger charge is -2.26. The first kappa shape index (κ1) is 7.70. The molecule has 0 unspecified atom stereocenters. The second-order valence-corrected chi connectivity index (χ2v) is 2.81. The predicted molar refractivity (Wildman–Crippen MR) is 40.5 cm³/mol. The summed E-state index contributed by atoms with van der Waals surface area (Å²) in [6.07, 6.45) is 0.317. The minimum Gasteiger partial charge on any atom is -0.423 e. The number of ether oxygens (including phenoxy) is 1. The van der Waals surface area contributed by atoms with Crippen LogP contribution in [0.5, 0.6) is 0 Å². The molecule has 5 nitrogen and oxygen atoms in total. The van der Waals surface area contributed by atoms with E-state index in [9.17, 15) is 0 Å². The van der Waals surface area contributed by atoms with Crippen LogP contribution < -0.4 is 5.32 Å². The zero-order chi connectivity index (χ0) is 8.39. The summed E-state index contributed by atoms with van der Waals surface area (Å²) in [7, 11) is 0. The Morgan fingerprint density at radius 3 is 2.92 bits per heavy atom. The van der Waals surface area contributed by atoms with Gasteiger partial charge in [-0.2, -0.15) is 0 Å². The van der Waals surface area contributed by atoms with Crippen molar-refractivity contribution in [3.8, 4) is 0 Å². The highest BCUT2D eigenvalue weighted by atomic mass is 16.5. The van der Waals surface area contributed by atoms with Crippen LogP contribution in [0, 0.1) is 6.92 Å². The van der Waals surface area contributed by atoms with Gasteiger partial charge in [0.25, 0.3) is 0 Å². The first-order valence-electron chi connectivity index (χ1n) is 3.96. The fraction of sp³-hybridized carbons (Fsp3) is 0.714. The van der Waals surface area contributed by atoms with Crippen LogP contribution >= 0.6 is 0 Å². The third-order valence-electron chi connectivity index (χ3n) is 1.75. The van der Waals surface area contributed by atoms with E-state index < -0.39 is 0 Å². The highest BCUT2D eigenvalue weighted by molar-refractivity contribution is 4.79. The van der Waals surface area contributed by atoms with Gasteiger partial charge in [-0.15, -0.1) is 10.2 Å². The molecule has 0 aromatic carbocycles. The minimum atomic E-state index is 0.317. The molecule has 1 fully saturated rings. The molecule has 1 aromatic rings. The van der Waals surface area contributed by atoms with E-state index in [1.165, 1.54) is 0 Å². The Morgan fingerprint density at radius 2 is 2.42 bits per heavy atom. The van der Waals surface area contributed by atoms with Crippen molar-refractivity contribution in [2.45, 2.75) is 19.6 Å². The van der Waals surface area contributed by atoms with Crippen molar-refractivity contribution >= 4 is 0 Å². The van der Waals surface area contributed by atoms with E-state index in [4.69, 9.17) is 9.15 Å². The summed E-state index contributed by atoms with van der Waals surface area (Å²) >= 11 is 0. The Kier molecular flexibility index (Phi) is 2.05. The van der Waals surface area contributed by atoms with E-state index >= 15 is 0 Å². The second kappa shape index (κ2) is 3.20. The van der Waals surface area contributed by atoms with Crippen molar-refractivity contribution in [3.05, 3.63) is 11.8 Å². The molecule has 66 valence electrons. The van der Waals surface area contributed by atoms with Crippen molar-refractivity contribution < 1.29 is 9.15 Å². The van der Waals surface area contributed by atoms with Gasteiger partial charge in [0.1, 0.15) is 6.61 Å². The number of hydrogen-bond donors (Lipinski definition) is 1. The monoisotopic (exact) mass is 169 g/mol. The minimum absolute atomic E-state index is 0.317. The fourth-order valence-corrected chi connectivity index (χ4v) is 0.965. The lowest BCUT2D eigenvalue weighted by Crippen LogP contribution is -2.48. The molecular formula is C7H11N3O2. The van der Waals surface area contributed by atoms with Gasteiger partial charge in [-0.05, 0) is 0 Å². The maximum absolute atomic E-state index is 5.42. The van der Waals surface area contributed by atoms with Crippen LogP contribution in [0.4, 0.5) is 0 Å². The smallest absolute Gasteiger partial charge is 0.242 e. The van der Waals surface area contributed by atoms with E-state index in [2.05, 4.69) is 15.5 Å². The van der Waals surface area contributed by atoms with Crippen molar-refractivity contribution in [3.63, 3.8) is 0 Å². The topological polar surface area (TPSA) is 60.2 Å². The zero-order valence-corrected chi connectivity index (χ0v) is 6.91. The summed E-state index contributed by atoms with van der Waals surface area (Å²) in [6.45, 7) is 4.04. The van der Waals surface area contributed by atoms with Crippen LogP contribution in [0.2, 0.25) is 0 Å². The molecule has 2 rings (SSSR count). The molecule has 1 aromatic heterocycles. The van der Waals surface area contributed by atoms with Gasteiger partial charge in [0.2, 0.25) is 11.8 Å². The quantitative estimate of drug-likeness (QED) is 0.682. The maximum Gasteiger partial charge on any atom is 0.242 e. The molecule has 0 atom stereocenters. The molecular weight excluding hydrogens is 158 g/mol. The van der Waals surface area contributed by atoms with Crippen LogP contribution in [0.25, 0.3) is 0 Å². The molecule has 0 amide bonds. The number of rotatable bonds is 3. The Labute approximate surface area is 70.1 Å². The number of aryl methyl sites for hydroxylation is 1. The van der Waals surface area contributed by atoms with Gasteiger partial charge in [-0.1, -0.05) is 0 Å². The van der Waals surface area contributed by atoms with E-state index in [-0.39, 0.29) is 0 Å². The van der Waals surface area contributed by atoms with Gasteiger partial charge < -0.3 is 14.5 Å². The zero-order valence-electron chi connectivity index (χ0n) is 6.91. The lowest BCUT2D eigenvalue weighted by molar-refractivity contribution is -0.00236. The van der Waals surface area contributed by atoms with E-state index in [0.29, 0.717) is 24.5 Å². The fourth-order valence-electron chi connectivity index (χ4n) is 0.965. The number of hydrogen-bond acceptors (Lipinski definition) is 5. The summed E-state index contributed by atoms with van der Waals surface area (Å²) in [6, 6.07) is 0. The number of nitrogens with one attached hydrogen (secondary N) is 1. The molecule has 2 heterocycles. The van der Waals surface area contributed by atoms with Gasteiger partial charge in [0, 0.05) is 20.0 Å². The molecule has 0 radical (unpaired) electrons. The first-order chi connectivity index (χ1) is 5.84. The van der Waals surface area contributed by atoms with Crippen molar-refractivity contribution in [1.82, 2.24) is 15.5 Å². The standard InChI is InChI=1S/C7H11N3O2/c1-5-9-10-7(12-5)4-11-6-2-8-3-6/h6,8H,2-4H2,1H3. The van der Waals surface area contributed by atoms with E-state index in [1.54, 1.807) is 6.92 Å². The van der Waals surface area contributed by atoms with Crippen LogP contribution in [0.3, 0.4) is 0 Å². The lowest BCUT2D eigenvalue weighted by atomic mass is 10.2. The van der Waals surface area contributed by atoms with Crippen LogP contribution in [0.15, 0.2) is 4.42 Å². The summed E-state index contributed by atoms with van der Waals surface area (Å²) in [5, 5.41) is 10.6. The average Bonchev–Trinajstić information content (AvgIpc) is 2.32. The van der Waals surface area contributed by atoms with Gasteiger partial charge in [0.05, 0.1) is 6.10 Å². The molecule has 1 saturated heterocycles. The van der Waals surface area contributed by atoms with Crippen molar-refractivity contribution in [2.75, 3.05) is 13.1 Å². The highest BCUT2D eigenvalue weighted by Gasteiger charge is 2.17. The molecule has 1 aliphatic rings. The average molecular weight is 169 g/mol. The molecule has 0 spiro atoms. The number of aromatic nitrogens is 2. The molecule has 0 bridgehead atoms. The molecule has 12 heavy (non-hydrogen) atoms. The SMILES string of the molecule is Cc1nnc(COC2CNC2)o1. The summed E-state index contributed by atoms with van der Waals surface area (Å²) < 4.78 is 10.6. The largest absolute Gasteiger partial charge is 0.423 e. The van der Waals surface area contributed by atoms with Crippen LogP contribution in [-0.2, 0) is 11.3 Å². The number of nitrogens with zero attached hydrogens (tertiary/aromatic N) is 2. The third kappa shape index (κ3) is 1.62. The van der Waals surface area contributed by atoms with Crippen molar-refractivity contribution in [1.29, 1.82) is 0 Å². The Bertz CT molecular complexity index is 257. The van der Waals surface area contributed by atoms with Crippen LogP contribution in [-0.4, -0.2) is 29.4 Å². The maximum atomic E-state index is 5.42. The molecule has 0 saturated carbocycles. The Hall–Kier alpha value is -0.940. The molecule has 5 heteroatoms. The second-order valence-electron chi connectivity index (χ2n) is 2.81. The summed E-state index contributed by atoms with van der Waals surface area (Å²) in [5.74, 6) is 1.14. The molecule has 0 aliphatic carbocycles. The highest BCUT2D eigenvalue weighted by Crippen LogP contribution is 2.04. The van der Waals surface area contributed by atoms with E-state index in [0.717, 1.165) is 13.1 Å². The Balaban J connectivity index is 1.79. The van der Waals surface area contributed by atoms with Crippen LogP contribution in [0.1, 0.15) is 11.8 Å². The normalized spacial score (nSPS) is 17.8. The summed E-state index contributed by atoms with van der Waals surface area (Å²) in [4.78, 5) is 0. The predicted octanol–water partition coefficient (Wildman–Crippen LogP) is -0.134. The third-order valence-corrected chi connectivity index (χ3v) is 1.75. The van der Waals surface area contributed by atoms with Crippen molar-refractivity contribution in [2.24, 2.45) is 0 Å². The van der Waals surface area contributed by atoms with Gasteiger partial charge >= 0.3 is 0 Å². The van der Waals surface area contributed by atoms with Gasteiger partial charge in [-0.25, -0.2) is 0 Å². The molecule has 1 aliphatic heterocycles. The van der Waals surface area contributed by atoms with E-state index in [1.807, 2.05) is 0 Å².